The van der Waals surface area contributed by atoms with Gasteiger partial charge in [0.2, 0.25) is 0 Å². The van der Waals surface area contributed by atoms with E-state index in [4.69, 9.17) is 8.83 Å². The minimum absolute atomic E-state index is 0.259. The average Bonchev–Trinajstić information content (AvgIpc) is 3.63. The van der Waals surface area contributed by atoms with Crippen LogP contribution in [0.25, 0.3) is 98.4 Å². The third-order valence-corrected chi connectivity index (χ3v) is 9.15. The van der Waals surface area contributed by atoms with Gasteiger partial charge in [-0.2, -0.15) is 0 Å². The maximum Gasteiger partial charge on any atom is 0.143 e. The number of furan rings is 2. The van der Waals surface area contributed by atoms with Crippen LogP contribution < -0.4 is 0 Å². The van der Waals surface area contributed by atoms with Crippen LogP contribution in [-0.2, 0) is 0 Å². The Balaban J connectivity index is 1.31. The fraction of sp³-hybridized carbons (Fsp3) is 0. The Hall–Kier alpha value is -5.80. The maximum absolute atomic E-state index is 11.5. The van der Waals surface area contributed by atoms with E-state index < -0.39 is 0 Å². The molecule has 0 aliphatic carbocycles. The van der Waals surface area contributed by atoms with Gasteiger partial charge in [0.05, 0.1) is 0 Å². The molecule has 0 amide bonds. The summed E-state index contributed by atoms with van der Waals surface area (Å²) in [5, 5.41) is 22.2. The third-order valence-electron chi connectivity index (χ3n) is 9.15. The predicted molar refractivity (Wildman–Crippen MR) is 177 cm³/mol. The van der Waals surface area contributed by atoms with Crippen LogP contribution >= 0.6 is 0 Å². The number of phenolic OH excluding ortho intramolecular Hbond substituents is 1. The molecule has 0 fully saturated rings. The van der Waals surface area contributed by atoms with Crippen LogP contribution in [0, 0.1) is 0 Å². The van der Waals surface area contributed by atoms with E-state index in [-0.39, 0.29) is 5.75 Å². The van der Waals surface area contributed by atoms with Gasteiger partial charge in [-0.05, 0) is 50.9 Å². The molecule has 43 heavy (non-hydrogen) atoms. The molecule has 0 spiro atoms. The van der Waals surface area contributed by atoms with Crippen molar-refractivity contribution in [3.8, 4) is 28.0 Å². The number of phenols is 1. The Kier molecular flexibility index (Phi) is 4.33. The van der Waals surface area contributed by atoms with Crippen molar-refractivity contribution >= 4 is 76.2 Å². The monoisotopic (exact) mass is 550 g/mol. The SMILES string of the molecule is Oc1cc(-c2cccc3c2oc2ccccc23)c2ccc3c(-c4cccc5c4oc4ccccc45)ccc4ccc1c2c43. The molecule has 0 unspecified atom stereocenters. The van der Waals surface area contributed by atoms with Crippen LogP contribution in [0.15, 0.2) is 136 Å². The Labute approximate surface area is 245 Å². The quantitative estimate of drug-likeness (QED) is 0.218. The van der Waals surface area contributed by atoms with Crippen LogP contribution in [0.1, 0.15) is 0 Å². The van der Waals surface area contributed by atoms with Crippen LogP contribution in [0.4, 0.5) is 0 Å². The number of hydrogen-bond acceptors (Lipinski definition) is 3. The molecule has 3 nitrogen and oxygen atoms in total. The fourth-order valence-electron chi connectivity index (χ4n) is 7.25. The number of hydrogen-bond donors (Lipinski definition) is 1. The molecule has 3 heteroatoms. The van der Waals surface area contributed by atoms with E-state index in [1.807, 2.05) is 42.5 Å². The molecular formula is C40H22O3. The molecule has 0 radical (unpaired) electrons. The van der Waals surface area contributed by atoms with Crippen LogP contribution in [-0.4, -0.2) is 5.11 Å². The van der Waals surface area contributed by atoms with Crippen molar-refractivity contribution < 1.29 is 13.9 Å². The summed E-state index contributed by atoms with van der Waals surface area (Å²) in [6.07, 6.45) is 0. The van der Waals surface area contributed by atoms with Gasteiger partial charge in [-0.3, -0.25) is 0 Å². The number of benzene rings is 8. The molecule has 200 valence electrons. The molecule has 0 aliphatic rings. The molecule has 0 atom stereocenters. The minimum Gasteiger partial charge on any atom is -0.507 e. The largest absolute Gasteiger partial charge is 0.507 e. The highest BCUT2D eigenvalue weighted by molar-refractivity contribution is 6.30. The van der Waals surface area contributed by atoms with Crippen LogP contribution in [0.5, 0.6) is 5.75 Å². The average molecular weight is 551 g/mol. The molecule has 1 N–H and O–H groups in total. The zero-order valence-corrected chi connectivity index (χ0v) is 22.9. The second-order valence-electron chi connectivity index (χ2n) is 11.4. The summed E-state index contributed by atoms with van der Waals surface area (Å²) in [6, 6.07) is 43.8. The molecule has 0 bridgehead atoms. The van der Waals surface area contributed by atoms with Gasteiger partial charge in [-0.1, -0.05) is 109 Å². The Morgan fingerprint density at radius 3 is 1.58 bits per heavy atom. The van der Waals surface area contributed by atoms with Crippen molar-refractivity contribution in [3.63, 3.8) is 0 Å². The van der Waals surface area contributed by atoms with Crippen molar-refractivity contribution in [1.82, 2.24) is 0 Å². The summed E-state index contributed by atoms with van der Waals surface area (Å²) in [6.45, 7) is 0. The van der Waals surface area contributed by atoms with Crippen LogP contribution in [0.3, 0.4) is 0 Å². The molecule has 10 rings (SSSR count). The lowest BCUT2D eigenvalue weighted by atomic mass is 9.86. The second kappa shape index (κ2) is 8.15. The zero-order valence-electron chi connectivity index (χ0n) is 22.9. The molecule has 8 aromatic carbocycles. The predicted octanol–water partition coefficient (Wildman–Crippen LogP) is 11.4. The highest BCUT2D eigenvalue weighted by Gasteiger charge is 2.21. The number of para-hydroxylation sites is 4. The summed E-state index contributed by atoms with van der Waals surface area (Å²) < 4.78 is 12.9. The number of fused-ring (bicyclic) bond motifs is 6. The standard InChI is InChI=1S/C40H22O3/c41-34-21-33(31-12-6-11-30-25-8-2-4-14-36(25)43-40(30)31)27-20-19-26-23(17-15-22-16-18-32(34)38(27)37(22)26)28-9-5-10-29-24-7-1-3-13-35(24)42-39(28)29/h1-21,41H. The van der Waals surface area contributed by atoms with E-state index >= 15 is 0 Å². The van der Waals surface area contributed by atoms with Crippen molar-refractivity contribution in [2.24, 2.45) is 0 Å². The topological polar surface area (TPSA) is 46.5 Å². The van der Waals surface area contributed by atoms with E-state index in [0.29, 0.717) is 0 Å². The first-order chi connectivity index (χ1) is 21.2. The highest BCUT2D eigenvalue weighted by Crippen LogP contribution is 2.48. The number of rotatable bonds is 2. The van der Waals surface area contributed by atoms with E-state index in [2.05, 4.69) is 84.9 Å². The van der Waals surface area contributed by atoms with Gasteiger partial charge in [0.15, 0.2) is 0 Å². The van der Waals surface area contributed by atoms with Gasteiger partial charge in [-0.15, -0.1) is 0 Å². The van der Waals surface area contributed by atoms with E-state index in [1.54, 1.807) is 0 Å². The summed E-state index contributed by atoms with van der Waals surface area (Å²) in [7, 11) is 0. The first-order valence-electron chi connectivity index (χ1n) is 14.5. The first kappa shape index (κ1) is 22.8. The fourth-order valence-corrected chi connectivity index (χ4v) is 7.25. The van der Waals surface area contributed by atoms with E-state index in [1.165, 1.54) is 0 Å². The van der Waals surface area contributed by atoms with Gasteiger partial charge in [0.25, 0.3) is 0 Å². The molecule has 2 aromatic heterocycles. The minimum atomic E-state index is 0.259. The Morgan fingerprint density at radius 1 is 0.372 bits per heavy atom. The second-order valence-corrected chi connectivity index (χ2v) is 11.4. The number of aromatic hydroxyl groups is 1. The normalized spacial score (nSPS) is 12.3. The van der Waals surface area contributed by atoms with Gasteiger partial charge in [0, 0.05) is 43.4 Å². The molecule has 0 aliphatic heterocycles. The molecule has 2 heterocycles. The Bertz CT molecular complexity index is 2740. The molecule has 10 aromatic rings. The van der Waals surface area contributed by atoms with Gasteiger partial charge < -0.3 is 13.9 Å². The van der Waals surface area contributed by atoms with Crippen molar-refractivity contribution in [3.05, 3.63) is 127 Å². The highest BCUT2D eigenvalue weighted by atomic mass is 16.3. The lowest BCUT2D eigenvalue weighted by Gasteiger charge is -2.17. The molecule has 0 saturated carbocycles. The maximum atomic E-state index is 11.5. The summed E-state index contributed by atoms with van der Waals surface area (Å²) in [5.41, 5.74) is 7.55. The van der Waals surface area contributed by atoms with Gasteiger partial charge in [0.1, 0.15) is 28.1 Å². The van der Waals surface area contributed by atoms with Crippen molar-refractivity contribution in [2.45, 2.75) is 0 Å². The lowest BCUT2D eigenvalue weighted by molar-refractivity contribution is 0.482. The summed E-state index contributed by atoms with van der Waals surface area (Å²) >= 11 is 0. The first-order valence-corrected chi connectivity index (χ1v) is 14.5. The summed E-state index contributed by atoms with van der Waals surface area (Å²) in [5.74, 6) is 0.259. The zero-order chi connectivity index (χ0) is 28.2. The smallest absolute Gasteiger partial charge is 0.143 e. The van der Waals surface area contributed by atoms with Crippen molar-refractivity contribution in [1.29, 1.82) is 0 Å². The van der Waals surface area contributed by atoms with Crippen LogP contribution in [0.2, 0.25) is 0 Å². The van der Waals surface area contributed by atoms with E-state index in [0.717, 1.165) is 98.4 Å². The van der Waals surface area contributed by atoms with Gasteiger partial charge >= 0.3 is 0 Å². The Morgan fingerprint density at radius 2 is 0.907 bits per heavy atom. The molecule has 0 saturated heterocycles. The van der Waals surface area contributed by atoms with Crippen molar-refractivity contribution in [2.75, 3.05) is 0 Å². The van der Waals surface area contributed by atoms with E-state index in [9.17, 15) is 5.11 Å². The lowest BCUT2D eigenvalue weighted by Crippen LogP contribution is -1.90. The summed E-state index contributed by atoms with van der Waals surface area (Å²) in [4.78, 5) is 0. The van der Waals surface area contributed by atoms with Gasteiger partial charge in [-0.25, -0.2) is 0 Å². The molecular weight excluding hydrogens is 528 g/mol. The third kappa shape index (κ3) is 2.98.